The molecule has 0 unspecified atom stereocenters. The largest absolute Gasteiger partial charge is 0.464 e. The zero-order valence-corrected chi connectivity index (χ0v) is 11.8. The van der Waals surface area contributed by atoms with Crippen LogP contribution in [0.3, 0.4) is 0 Å². The summed E-state index contributed by atoms with van der Waals surface area (Å²) in [6.45, 7) is 0.822. The average Bonchev–Trinajstić information content (AvgIpc) is 3.06. The van der Waals surface area contributed by atoms with Crippen LogP contribution in [0, 0.1) is 11.6 Å². The molecule has 1 aliphatic heterocycles. The Morgan fingerprint density at radius 1 is 1.24 bits per heavy atom. The Bertz CT molecular complexity index is 521. The van der Waals surface area contributed by atoms with Gasteiger partial charge in [-0.25, -0.2) is 8.78 Å². The van der Waals surface area contributed by atoms with Gasteiger partial charge >= 0.3 is 5.97 Å². The third-order valence-corrected chi connectivity index (χ3v) is 4.68. The molecule has 1 aliphatic carbocycles. The number of rotatable bonds is 4. The Labute approximate surface area is 122 Å². The Morgan fingerprint density at radius 2 is 1.90 bits per heavy atom. The number of cyclic esters (lactones) is 1. The van der Waals surface area contributed by atoms with Crippen LogP contribution < -0.4 is 5.32 Å². The van der Waals surface area contributed by atoms with E-state index in [-0.39, 0.29) is 17.6 Å². The van der Waals surface area contributed by atoms with Crippen molar-refractivity contribution in [3.05, 3.63) is 35.4 Å². The first-order chi connectivity index (χ1) is 10.1. The topological polar surface area (TPSA) is 38.3 Å². The summed E-state index contributed by atoms with van der Waals surface area (Å²) in [7, 11) is 0. The fourth-order valence-corrected chi connectivity index (χ4v) is 3.57. The highest BCUT2D eigenvalue weighted by Gasteiger charge is 2.41. The summed E-state index contributed by atoms with van der Waals surface area (Å²) in [6.07, 6.45) is 3.99. The number of halogens is 2. The maximum absolute atomic E-state index is 14.2. The third-order valence-electron chi connectivity index (χ3n) is 4.68. The van der Waals surface area contributed by atoms with Crippen LogP contribution in [0.15, 0.2) is 18.2 Å². The predicted molar refractivity (Wildman–Crippen MR) is 73.9 cm³/mol. The van der Waals surface area contributed by atoms with E-state index in [2.05, 4.69) is 5.32 Å². The first kappa shape index (κ1) is 14.4. The number of ether oxygens (including phenoxy) is 1. The van der Waals surface area contributed by atoms with E-state index in [4.69, 9.17) is 4.74 Å². The highest BCUT2D eigenvalue weighted by molar-refractivity contribution is 5.77. The molecule has 3 rings (SSSR count). The van der Waals surface area contributed by atoms with Gasteiger partial charge < -0.3 is 10.1 Å². The van der Waals surface area contributed by atoms with Gasteiger partial charge in [0.1, 0.15) is 17.7 Å². The quantitative estimate of drug-likeness (QED) is 0.868. The van der Waals surface area contributed by atoms with Gasteiger partial charge in [0.2, 0.25) is 0 Å². The molecule has 5 heteroatoms. The van der Waals surface area contributed by atoms with Crippen LogP contribution in [0.1, 0.15) is 37.7 Å². The van der Waals surface area contributed by atoms with Gasteiger partial charge in [-0.2, -0.15) is 0 Å². The number of hydrogen-bond acceptors (Lipinski definition) is 3. The van der Waals surface area contributed by atoms with E-state index in [1.165, 1.54) is 18.2 Å². The van der Waals surface area contributed by atoms with Gasteiger partial charge in [0.05, 0.1) is 6.61 Å². The van der Waals surface area contributed by atoms with Crippen LogP contribution in [-0.2, 0) is 14.9 Å². The second-order valence-corrected chi connectivity index (χ2v) is 5.97. The second kappa shape index (κ2) is 5.72. The Morgan fingerprint density at radius 3 is 2.48 bits per heavy atom. The molecule has 1 saturated heterocycles. The molecule has 0 amide bonds. The maximum Gasteiger partial charge on any atom is 0.323 e. The second-order valence-electron chi connectivity index (χ2n) is 5.97. The lowest BCUT2D eigenvalue weighted by Crippen LogP contribution is -2.43. The number of carbonyl (C=O) groups excluding carboxylic acids is 1. The fraction of sp³-hybridized carbons (Fsp3) is 0.562. The Hall–Kier alpha value is -1.49. The Balaban J connectivity index is 1.84. The molecule has 1 aromatic rings. The molecule has 2 fully saturated rings. The summed E-state index contributed by atoms with van der Waals surface area (Å²) < 4.78 is 33.2. The maximum atomic E-state index is 14.2. The normalized spacial score (nSPS) is 24.3. The predicted octanol–water partition coefficient (Wildman–Crippen LogP) is 2.68. The lowest BCUT2D eigenvalue weighted by atomic mass is 9.78. The molecule has 1 saturated carbocycles. The minimum absolute atomic E-state index is 0.168. The third kappa shape index (κ3) is 2.67. The van der Waals surface area contributed by atoms with Crippen LogP contribution in [0.25, 0.3) is 0 Å². The zero-order valence-electron chi connectivity index (χ0n) is 11.8. The van der Waals surface area contributed by atoms with E-state index >= 15 is 0 Å². The van der Waals surface area contributed by atoms with Crippen LogP contribution in [-0.4, -0.2) is 25.2 Å². The van der Waals surface area contributed by atoms with Crippen molar-refractivity contribution in [1.29, 1.82) is 0 Å². The summed E-state index contributed by atoms with van der Waals surface area (Å²) in [5.41, 5.74) is -0.389. The van der Waals surface area contributed by atoms with E-state index in [1.54, 1.807) is 0 Å². The van der Waals surface area contributed by atoms with Crippen molar-refractivity contribution < 1.29 is 18.3 Å². The minimum atomic E-state index is -0.557. The lowest BCUT2D eigenvalue weighted by molar-refractivity contribution is -0.139. The zero-order chi connectivity index (χ0) is 14.9. The fourth-order valence-electron chi connectivity index (χ4n) is 3.57. The molecule has 0 radical (unpaired) electrons. The van der Waals surface area contributed by atoms with E-state index in [9.17, 15) is 13.6 Å². The smallest absolute Gasteiger partial charge is 0.323 e. The molecular formula is C16H19F2NO2. The molecule has 21 heavy (non-hydrogen) atoms. The van der Waals surface area contributed by atoms with Gasteiger partial charge in [-0.3, -0.25) is 4.79 Å². The summed E-state index contributed by atoms with van der Waals surface area (Å²) in [5, 5.41) is 3.16. The minimum Gasteiger partial charge on any atom is -0.464 e. The van der Waals surface area contributed by atoms with Crippen LogP contribution >= 0.6 is 0 Å². The standard InChI is InChI=1S/C16H19F2NO2/c17-11-4-3-5-12(18)14(11)16(7-1-2-8-16)10-19-13-6-9-21-15(13)20/h3-5,13,19H,1-2,6-10H2/t13-/m1/s1. The van der Waals surface area contributed by atoms with Gasteiger partial charge in [-0.1, -0.05) is 18.9 Å². The van der Waals surface area contributed by atoms with Gasteiger partial charge in [-0.15, -0.1) is 0 Å². The van der Waals surface area contributed by atoms with Crippen LogP contribution in [0.5, 0.6) is 0 Å². The number of nitrogens with one attached hydrogen (secondary N) is 1. The van der Waals surface area contributed by atoms with Crippen LogP contribution in [0.4, 0.5) is 8.78 Å². The summed E-state index contributed by atoms with van der Waals surface area (Å²) >= 11 is 0. The molecule has 114 valence electrons. The first-order valence-electron chi connectivity index (χ1n) is 7.47. The molecule has 0 aromatic heterocycles. The number of benzene rings is 1. The lowest BCUT2D eigenvalue weighted by Gasteiger charge is -2.31. The van der Waals surface area contributed by atoms with Crippen molar-refractivity contribution in [3.8, 4) is 0 Å². The Kier molecular flexibility index (Phi) is 3.93. The molecule has 1 atom stereocenters. The van der Waals surface area contributed by atoms with Crippen molar-refractivity contribution in [3.63, 3.8) is 0 Å². The van der Waals surface area contributed by atoms with Crippen molar-refractivity contribution in [2.45, 2.75) is 43.6 Å². The SMILES string of the molecule is O=C1OCC[C@H]1NCC1(c2c(F)cccc2F)CCCC1. The summed E-state index contributed by atoms with van der Waals surface area (Å²) in [4.78, 5) is 11.5. The first-order valence-corrected chi connectivity index (χ1v) is 7.47. The van der Waals surface area contributed by atoms with E-state index in [1.807, 2.05) is 0 Å². The van der Waals surface area contributed by atoms with Gasteiger partial charge in [0.25, 0.3) is 0 Å². The molecule has 1 aromatic carbocycles. The number of carbonyl (C=O) groups is 1. The molecule has 1 N–H and O–H groups in total. The summed E-state index contributed by atoms with van der Waals surface area (Å²) in [5.74, 6) is -1.25. The van der Waals surface area contributed by atoms with Crippen molar-refractivity contribution in [2.75, 3.05) is 13.2 Å². The van der Waals surface area contributed by atoms with Crippen LogP contribution in [0.2, 0.25) is 0 Å². The van der Waals surface area contributed by atoms with E-state index in [0.717, 1.165) is 25.7 Å². The van der Waals surface area contributed by atoms with Gasteiger partial charge in [-0.05, 0) is 25.0 Å². The monoisotopic (exact) mass is 295 g/mol. The number of esters is 1. The number of hydrogen-bond donors (Lipinski definition) is 1. The van der Waals surface area contributed by atoms with E-state index in [0.29, 0.717) is 19.6 Å². The molecule has 2 aliphatic rings. The highest BCUT2D eigenvalue weighted by atomic mass is 19.1. The molecule has 0 bridgehead atoms. The van der Waals surface area contributed by atoms with Gasteiger partial charge in [0, 0.05) is 23.9 Å². The van der Waals surface area contributed by atoms with Crippen molar-refractivity contribution >= 4 is 5.97 Å². The van der Waals surface area contributed by atoms with E-state index < -0.39 is 17.0 Å². The molecular weight excluding hydrogens is 276 g/mol. The highest BCUT2D eigenvalue weighted by Crippen LogP contribution is 2.43. The summed E-state index contributed by atoms with van der Waals surface area (Å²) in [6, 6.07) is 3.65. The van der Waals surface area contributed by atoms with Crippen molar-refractivity contribution in [2.24, 2.45) is 0 Å². The molecule has 1 heterocycles. The molecule has 0 spiro atoms. The average molecular weight is 295 g/mol. The van der Waals surface area contributed by atoms with Crippen molar-refractivity contribution in [1.82, 2.24) is 5.32 Å². The van der Waals surface area contributed by atoms with Gasteiger partial charge in [0.15, 0.2) is 0 Å². The molecule has 3 nitrogen and oxygen atoms in total.